The van der Waals surface area contributed by atoms with Crippen molar-refractivity contribution in [2.45, 2.75) is 51.4 Å². The minimum atomic E-state index is -0.283. The summed E-state index contributed by atoms with van der Waals surface area (Å²) in [5.41, 5.74) is 0.391. The van der Waals surface area contributed by atoms with Crippen molar-refractivity contribution in [3.63, 3.8) is 0 Å². The molecule has 6 heteroatoms. The highest BCUT2D eigenvalue weighted by Gasteiger charge is 2.53. The Kier molecular flexibility index (Phi) is 3.06. The molecule has 0 radical (unpaired) electrons. The summed E-state index contributed by atoms with van der Waals surface area (Å²) < 4.78 is 0. The number of hydrogen-bond acceptors (Lipinski definition) is 4. The summed E-state index contributed by atoms with van der Waals surface area (Å²) in [7, 11) is 1.87. The molecule has 0 atom stereocenters. The first kappa shape index (κ1) is 13.5. The highest BCUT2D eigenvalue weighted by Crippen LogP contribution is 2.64. The number of aromatic amines is 1. The van der Waals surface area contributed by atoms with Crippen LogP contribution in [-0.2, 0) is 10.2 Å². The molecule has 6 nitrogen and oxygen atoms in total. The van der Waals surface area contributed by atoms with Crippen LogP contribution in [0.15, 0.2) is 0 Å². The number of amides is 1. The number of carbonyl (C=O) groups is 1. The molecule has 1 spiro atoms. The monoisotopic (exact) mass is 277 g/mol. The summed E-state index contributed by atoms with van der Waals surface area (Å²) >= 11 is 0. The van der Waals surface area contributed by atoms with Crippen LogP contribution < -0.4 is 0 Å². The molecule has 20 heavy (non-hydrogen) atoms. The zero-order valence-corrected chi connectivity index (χ0v) is 12.5. The molecule has 2 aliphatic rings. The van der Waals surface area contributed by atoms with Crippen molar-refractivity contribution in [3.8, 4) is 0 Å². The largest absolute Gasteiger partial charge is 0.345 e. The topological polar surface area (TPSA) is 74.8 Å². The minimum absolute atomic E-state index is 0.238. The van der Waals surface area contributed by atoms with E-state index in [0.29, 0.717) is 30.1 Å². The number of H-pyrrole nitrogens is 1. The SMILES string of the molecule is CN(CC(C)(C)c1nn[nH]n1)C(=O)CC1CC2(CC2)C1. The van der Waals surface area contributed by atoms with E-state index >= 15 is 0 Å². The van der Waals surface area contributed by atoms with Crippen LogP contribution in [-0.4, -0.2) is 45.0 Å². The molecule has 1 N–H and O–H groups in total. The summed E-state index contributed by atoms with van der Waals surface area (Å²) in [6.45, 7) is 4.68. The van der Waals surface area contributed by atoms with Gasteiger partial charge in [0.05, 0.1) is 0 Å². The highest BCUT2D eigenvalue weighted by molar-refractivity contribution is 5.76. The number of nitrogens with one attached hydrogen (secondary N) is 1. The van der Waals surface area contributed by atoms with Crippen LogP contribution in [0.2, 0.25) is 0 Å². The Bertz CT molecular complexity index is 484. The number of nitrogens with zero attached hydrogens (tertiary/aromatic N) is 4. The van der Waals surface area contributed by atoms with Crippen LogP contribution in [0, 0.1) is 11.3 Å². The zero-order valence-electron chi connectivity index (χ0n) is 12.5. The zero-order chi connectivity index (χ0) is 14.4. The Morgan fingerprint density at radius 2 is 2.15 bits per heavy atom. The molecule has 1 aromatic rings. The van der Waals surface area contributed by atoms with Gasteiger partial charge in [-0.05, 0) is 37.0 Å². The Morgan fingerprint density at radius 3 is 2.70 bits per heavy atom. The van der Waals surface area contributed by atoms with Gasteiger partial charge >= 0.3 is 0 Å². The second-order valence-electron chi connectivity index (χ2n) is 7.35. The van der Waals surface area contributed by atoms with E-state index < -0.39 is 0 Å². The van der Waals surface area contributed by atoms with Crippen LogP contribution in [0.25, 0.3) is 0 Å². The molecule has 110 valence electrons. The molecule has 1 heterocycles. The molecule has 0 unspecified atom stereocenters. The quantitative estimate of drug-likeness (QED) is 0.885. The van der Waals surface area contributed by atoms with Gasteiger partial charge in [0.15, 0.2) is 5.82 Å². The average Bonchev–Trinajstić information content (AvgIpc) is 2.91. The van der Waals surface area contributed by atoms with Crippen molar-refractivity contribution in [1.82, 2.24) is 25.5 Å². The lowest BCUT2D eigenvalue weighted by atomic mass is 9.70. The normalized spacial score (nSPS) is 20.8. The van der Waals surface area contributed by atoms with Gasteiger partial charge < -0.3 is 4.90 Å². The van der Waals surface area contributed by atoms with E-state index in [2.05, 4.69) is 20.6 Å². The lowest BCUT2D eigenvalue weighted by Crippen LogP contribution is -2.40. The summed E-state index contributed by atoms with van der Waals surface area (Å²) in [4.78, 5) is 14.1. The predicted octanol–water partition coefficient (Wildman–Crippen LogP) is 1.52. The van der Waals surface area contributed by atoms with Crippen LogP contribution in [0.1, 0.15) is 51.8 Å². The van der Waals surface area contributed by atoms with Gasteiger partial charge in [-0.25, -0.2) is 0 Å². The lowest BCUT2D eigenvalue weighted by molar-refractivity contribution is -0.132. The molecule has 0 aromatic carbocycles. The fraction of sp³-hybridized carbons (Fsp3) is 0.857. The van der Waals surface area contributed by atoms with Gasteiger partial charge in [0.2, 0.25) is 5.91 Å². The van der Waals surface area contributed by atoms with E-state index in [0.717, 1.165) is 0 Å². The number of rotatable bonds is 5. The second-order valence-corrected chi connectivity index (χ2v) is 7.35. The molecular weight excluding hydrogens is 254 g/mol. The van der Waals surface area contributed by atoms with Gasteiger partial charge in [-0.3, -0.25) is 4.79 Å². The maximum atomic E-state index is 12.3. The number of tetrazole rings is 1. The van der Waals surface area contributed by atoms with Gasteiger partial charge in [0.25, 0.3) is 0 Å². The number of aromatic nitrogens is 4. The van der Waals surface area contributed by atoms with Crippen molar-refractivity contribution in [3.05, 3.63) is 5.82 Å². The third kappa shape index (κ3) is 2.55. The van der Waals surface area contributed by atoms with E-state index in [4.69, 9.17) is 0 Å². The van der Waals surface area contributed by atoms with E-state index in [-0.39, 0.29) is 11.3 Å². The van der Waals surface area contributed by atoms with E-state index in [1.807, 2.05) is 25.8 Å². The van der Waals surface area contributed by atoms with Crippen molar-refractivity contribution < 1.29 is 4.79 Å². The third-order valence-corrected chi connectivity index (χ3v) is 4.87. The second kappa shape index (κ2) is 4.53. The number of carbonyl (C=O) groups excluding carboxylic acids is 1. The molecular formula is C14H23N5O. The van der Waals surface area contributed by atoms with Gasteiger partial charge in [-0.15, -0.1) is 10.2 Å². The lowest BCUT2D eigenvalue weighted by Gasteiger charge is -2.37. The molecule has 0 saturated heterocycles. The number of hydrogen-bond donors (Lipinski definition) is 1. The molecule has 1 amide bonds. The summed E-state index contributed by atoms with van der Waals surface area (Å²) in [5.74, 6) is 1.50. The Morgan fingerprint density at radius 1 is 1.45 bits per heavy atom. The molecule has 0 bridgehead atoms. The molecule has 2 saturated carbocycles. The number of likely N-dealkylation sites (N-methyl/N-ethyl adjacent to an activating group) is 1. The van der Waals surface area contributed by atoms with Crippen molar-refractivity contribution in [2.75, 3.05) is 13.6 Å². The van der Waals surface area contributed by atoms with E-state index in [1.54, 1.807) is 0 Å². The summed E-state index contributed by atoms with van der Waals surface area (Å²) in [5, 5.41) is 14.1. The fourth-order valence-electron chi connectivity index (χ4n) is 3.50. The maximum Gasteiger partial charge on any atom is 0.222 e. The average molecular weight is 277 g/mol. The van der Waals surface area contributed by atoms with Gasteiger partial charge in [-0.1, -0.05) is 19.1 Å². The maximum absolute atomic E-state index is 12.3. The van der Waals surface area contributed by atoms with Gasteiger partial charge in [0.1, 0.15) is 0 Å². The molecule has 2 aliphatic carbocycles. The van der Waals surface area contributed by atoms with Crippen molar-refractivity contribution in [2.24, 2.45) is 11.3 Å². The standard InChI is InChI=1S/C14H23N5O/c1-13(2,12-15-17-18-16-12)9-19(3)11(20)6-10-7-14(8-10)4-5-14/h10H,4-9H2,1-3H3,(H,15,16,17,18). The van der Waals surface area contributed by atoms with E-state index in [1.165, 1.54) is 25.7 Å². The van der Waals surface area contributed by atoms with Crippen LogP contribution >= 0.6 is 0 Å². The molecule has 0 aliphatic heterocycles. The van der Waals surface area contributed by atoms with Crippen LogP contribution in [0.3, 0.4) is 0 Å². The first-order chi connectivity index (χ1) is 9.40. The Balaban J connectivity index is 1.50. The molecule has 3 rings (SSSR count). The van der Waals surface area contributed by atoms with Crippen LogP contribution in [0.4, 0.5) is 0 Å². The van der Waals surface area contributed by atoms with Gasteiger partial charge in [-0.2, -0.15) is 5.21 Å². The Hall–Kier alpha value is -1.46. The smallest absolute Gasteiger partial charge is 0.222 e. The summed E-state index contributed by atoms with van der Waals surface area (Å²) in [6, 6.07) is 0. The summed E-state index contributed by atoms with van der Waals surface area (Å²) in [6.07, 6.45) is 6.00. The first-order valence-electron chi connectivity index (χ1n) is 7.38. The fourth-order valence-corrected chi connectivity index (χ4v) is 3.50. The van der Waals surface area contributed by atoms with Crippen molar-refractivity contribution >= 4 is 5.91 Å². The predicted molar refractivity (Wildman–Crippen MR) is 73.8 cm³/mol. The first-order valence-corrected chi connectivity index (χ1v) is 7.38. The molecule has 1 aromatic heterocycles. The molecule has 2 fully saturated rings. The minimum Gasteiger partial charge on any atom is -0.345 e. The van der Waals surface area contributed by atoms with Crippen molar-refractivity contribution in [1.29, 1.82) is 0 Å². The highest BCUT2D eigenvalue weighted by atomic mass is 16.2. The van der Waals surface area contributed by atoms with E-state index in [9.17, 15) is 4.79 Å². The van der Waals surface area contributed by atoms with Crippen LogP contribution in [0.5, 0.6) is 0 Å². The Labute approximate surface area is 119 Å². The third-order valence-electron chi connectivity index (χ3n) is 4.87. The van der Waals surface area contributed by atoms with Gasteiger partial charge in [0, 0.05) is 25.4 Å².